The fraction of sp³-hybridized carbons (Fsp3) is 0.760. The van der Waals surface area contributed by atoms with Crippen LogP contribution in [0.4, 0.5) is 5.82 Å². The molecule has 234 valence electrons. The molecule has 5 unspecified atom stereocenters. The Morgan fingerprint density at radius 3 is 2.55 bits per heavy atom. The van der Waals surface area contributed by atoms with E-state index in [1.54, 1.807) is 4.68 Å². The highest BCUT2D eigenvalue weighted by Crippen LogP contribution is 2.34. The van der Waals surface area contributed by atoms with Gasteiger partial charge in [-0.3, -0.25) is 14.1 Å². The van der Waals surface area contributed by atoms with Gasteiger partial charge in [-0.05, 0) is 51.6 Å². The standard InChI is InChI=1S/C25H38Cl2N8O6S/c1-16(36)31-22-11-18(34(9-4-5-23(37)38)8-2-3-10-42(39,40)41)6-7-21(22)32-33-25-17(12-28)13-30-35(25)24-19(26)14-29-15-20(24)27/h13,18-22,24,29H,2-11,14-15H2,1H3,(H,31,36)(H,37,38)(H,39,40,41). The summed E-state index contributed by atoms with van der Waals surface area (Å²) in [4.78, 5) is 25.3. The number of carboxylic acid groups (broad SMARTS) is 1. The summed E-state index contributed by atoms with van der Waals surface area (Å²) in [5, 5.41) is 37.5. The number of aromatic nitrogens is 2. The number of rotatable bonds is 14. The van der Waals surface area contributed by atoms with Gasteiger partial charge in [0.25, 0.3) is 10.1 Å². The fourth-order valence-corrected chi connectivity index (χ4v) is 6.97. The maximum absolute atomic E-state index is 12.1. The zero-order valence-electron chi connectivity index (χ0n) is 23.4. The van der Waals surface area contributed by atoms with E-state index < -0.39 is 28.2 Å². The summed E-state index contributed by atoms with van der Waals surface area (Å²) in [5.74, 6) is -1.23. The van der Waals surface area contributed by atoms with Crippen LogP contribution in [0.3, 0.4) is 0 Å². The second-order valence-corrected chi connectivity index (χ2v) is 13.4. The lowest BCUT2D eigenvalue weighted by Crippen LogP contribution is -2.51. The maximum Gasteiger partial charge on any atom is 0.303 e. The van der Waals surface area contributed by atoms with E-state index in [9.17, 15) is 23.3 Å². The number of alkyl halides is 2. The normalized spacial score (nSPS) is 26.8. The summed E-state index contributed by atoms with van der Waals surface area (Å²) < 4.78 is 32.8. The van der Waals surface area contributed by atoms with Gasteiger partial charge >= 0.3 is 5.97 Å². The van der Waals surface area contributed by atoms with Crippen LogP contribution in [-0.4, -0.2) is 105 Å². The molecule has 14 nitrogen and oxygen atoms in total. The van der Waals surface area contributed by atoms with Gasteiger partial charge in [0.05, 0.1) is 40.8 Å². The molecule has 1 saturated heterocycles. The third-order valence-corrected chi connectivity index (χ3v) is 9.15. The average Bonchev–Trinajstić information content (AvgIpc) is 3.30. The first kappa shape index (κ1) is 34.1. The molecule has 1 saturated carbocycles. The Labute approximate surface area is 255 Å². The molecule has 3 rings (SSSR count). The van der Waals surface area contributed by atoms with Gasteiger partial charge in [0, 0.05) is 32.5 Å². The smallest absolute Gasteiger partial charge is 0.303 e. The highest BCUT2D eigenvalue weighted by Gasteiger charge is 2.36. The van der Waals surface area contributed by atoms with Crippen LogP contribution < -0.4 is 10.6 Å². The number of carbonyl (C=O) groups is 2. The molecule has 1 aromatic heterocycles. The molecule has 1 aliphatic carbocycles. The number of nitrogens with zero attached hydrogens (tertiary/aromatic N) is 6. The molecule has 0 aromatic carbocycles. The number of nitrogens with one attached hydrogen (secondary N) is 2. The van der Waals surface area contributed by atoms with Crippen molar-refractivity contribution in [2.45, 2.75) is 86.8 Å². The van der Waals surface area contributed by atoms with Gasteiger partial charge in [0.15, 0.2) is 5.82 Å². The lowest BCUT2D eigenvalue weighted by atomic mass is 9.86. The molecule has 1 aliphatic heterocycles. The molecule has 42 heavy (non-hydrogen) atoms. The summed E-state index contributed by atoms with van der Waals surface area (Å²) in [6, 6.07) is 0.884. The summed E-state index contributed by atoms with van der Waals surface area (Å²) in [7, 11) is -4.06. The molecular formula is C25H38Cl2N8O6S. The SMILES string of the molecule is CC(=O)NC1CC(N(CCCCS(=O)(=O)O)CCCC(=O)O)CCC1N=Nc1c(C#N)cnn1C1C(Cl)CNCC1Cl. The third-order valence-electron chi connectivity index (χ3n) is 7.52. The number of aliphatic carboxylic acids is 1. The van der Waals surface area contributed by atoms with Crippen LogP contribution in [0.15, 0.2) is 16.4 Å². The molecule has 0 radical (unpaired) electrons. The number of nitriles is 1. The molecule has 2 aliphatic rings. The minimum absolute atomic E-state index is 0.00150. The highest BCUT2D eigenvalue weighted by molar-refractivity contribution is 7.85. The quantitative estimate of drug-likeness (QED) is 0.100. The second kappa shape index (κ2) is 15.9. The molecule has 0 spiro atoms. The van der Waals surface area contributed by atoms with Crippen molar-refractivity contribution < 1.29 is 27.7 Å². The van der Waals surface area contributed by atoms with Gasteiger partial charge < -0.3 is 20.6 Å². The number of unbranched alkanes of at least 4 members (excludes halogenated alkanes) is 1. The monoisotopic (exact) mass is 648 g/mol. The zero-order valence-corrected chi connectivity index (χ0v) is 25.7. The lowest BCUT2D eigenvalue weighted by molar-refractivity contribution is -0.137. The number of halogens is 2. The van der Waals surface area contributed by atoms with Crippen molar-refractivity contribution in [1.29, 1.82) is 5.26 Å². The van der Waals surface area contributed by atoms with Crippen LogP contribution in [0.25, 0.3) is 0 Å². The van der Waals surface area contributed by atoms with E-state index in [0.717, 1.165) is 0 Å². The highest BCUT2D eigenvalue weighted by atomic mass is 35.5. The van der Waals surface area contributed by atoms with Gasteiger partial charge in [-0.2, -0.15) is 23.9 Å². The van der Waals surface area contributed by atoms with Crippen molar-refractivity contribution in [3.05, 3.63) is 11.8 Å². The summed E-state index contributed by atoms with van der Waals surface area (Å²) in [5.41, 5.74) is 0.226. The Hall–Kier alpha value is -2.35. The largest absolute Gasteiger partial charge is 0.481 e. The van der Waals surface area contributed by atoms with E-state index in [1.807, 2.05) is 0 Å². The molecule has 2 fully saturated rings. The minimum atomic E-state index is -4.06. The van der Waals surface area contributed by atoms with Gasteiger partial charge in [-0.25, -0.2) is 4.68 Å². The Kier molecular flexibility index (Phi) is 12.9. The predicted molar refractivity (Wildman–Crippen MR) is 156 cm³/mol. The number of carboxylic acids is 1. The number of amides is 1. The number of hydrogen-bond donors (Lipinski definition) is 4. The zero-order chi connectivity index (χ0) is 30.9. The third kappa shape index (κ3) is 10.1. The number of azo groups is 1. The first-order chi connectivity index (χ1) is 19.9. The van der Waals surface area contributed by atoms with E-state index in [-0.39, 0.29) is 58.7 Å². The molecular weight excluding hydrogens is 611 g/mol. The molecule has 17 heteroatoms. The van der Waals surface area contributed by atoms with Gasteiger partial charge in [-0.15, -0.1) is 28.3 Å². The van der Waals surface area contributed by atoms with E-state index >= 15 is 0 Å². The van der Waals surface area contributed by atoms with Crippen molar-refractivity contribution in [3.63, 3.8) is 0 Å². The number of hydrogen-bond acceptors (Lipinski definition) is 10. The fourth-order valence-electron chi connectivity index (χ4n) is 5.54. The van der Waals surface area contributed by atoms with Crippen molar-refractivity contribution in [3.8, 4) is 6.07 Å². The lowest BCUT2D eigenvalue weighted by Gasteiger charge is -2.40. The summed E-state index contributed by atoms with van der Waals surface area (Å²) >= 11 is 13.1. The van der Waals surface area contributed by atoms with Crippen LogP contribution in [-0.2, 0) is 19.7 Å². The van der Waals surface area contributed by atoms with Gasteiger partial charge in [0.2, 0.25) is 5.91 Å². The van der Waals surface area contributed by atoms with Crippen LogP contribution in [0.1, 0.15) is 63.5 Å². The van der Waals surface area contributed by atoms with Crippen molar-refractivity contribution >= 4 is 51.0 Å². The minimum Gasteiger partial charge on any atom is -0.481 e. The van der Waals surface area contributed by atoms with Crippen LogP contribution in [0.2, 0.25) is 0 Å². The first-order valence-corrected chi connectivity index (χ1v) is 16.4. The van der Waals surface area contributed by atoms with E-state index in [2.05, 4.69) is 36.9 Å². The second-order valence-electron chi connectivity index (χ2n) is 10.7. The molecule has 5 atom stereocenters. The Balaban J connectivity index is 1.77. The Morgan fingerprint density at radius 1 is 1.24 bits per heavy atom. The molecule has 0 bridgehead atoms. The van der Waals surface area contributed by atoms with Crippen LogP contribution in [0, 0.1) is 11.3 Å². The van der Waals surface area contributed by atoms with Crippen molar-refractivity contribution in [2.75, 3.05) is 31.9 Å². The number of piperidine rings is 1. The van der Waals surface area contributed by atoms with E-state index in [4.69, 9.17) is 32.9 Å². The molecule has 4 N–H and O–H groups in total. The summed E-state index contributed by atoms with van der Waals surface area (Å²) in [6.45, 7) is 3.45. The maximum atomic E-state index is 12.1. The molecule has 1 aromatic rings. The summed E-state index contributed by atoms with van der Waals surface area (Å²) in [6.07, 6.45) is 4.33. The predicted octanol–water partition coefficient (Wildman–Crippen LogP) is 2.46. The number of carbonyl (C=O) groups excluding carboxylic acids is 1. The molecule has 1 amide bonds. The first-order valence-electron chi connectivity index (χ1n) is 13.9. The van der Waals surface area contributed by atoms with Crippen LogP contribution in [0.5, 0.6) is 0 Å². The molecule has 2 heterocycles. The topological polar surface area (TPSA) is 202 Å². The van der Waals surface area contributed by atoms with Crippen molar-refractivity contribution in [2.24, 2.45) is 10.2 Å². The Bertz CT molecular complexity index is 1250. The van der Waals surface area contributed by atoms with Gasteiger partial charge in [0.1, 0.15) is 11.6 Å². The Morgan fingerprint density at radius 2 is 1.93 bits per heavy atom. The average molecular weight is 650 g/mol. The van der Waals surface area contributed by atoms with Crippen LogP contribution >= 0.6 is 23.2 Å². The van der Waals surface area contributed by atoms with E-state index in [0.29, 0.717) is 58.3 Å². The van der Waals surface area contributed by atoms with E-state index in [1.165, 1.54) is 13.1 Å². The van der Waals surface area contributed by atoms with Crippen molar-refractivity contribution in [1.82, 2.24) is 25.3 Å². The van der Waals surface area contributed by atoms with Gasteiger partial charge in [-0.1, -0.05) is 0 Å².